The van der Waals surface area contributed by atoms with Gasteiger partial charge in [0.1, 0.15) is 12.4 Å². The van der Waals surface area contributed by atoms with Crippen LogP contribution >= 0.6 is 11.6 Å². The predicted octanol–water partition coefficient (Wildman–Crippen LogP) is 2.48. The van der Waals surface area contributed by atoms with Gasteiger partial charge in [0.05, 0.1) is 17.8 Å². The molecule has 2 heterocycles. The first-order valence-electron chi connectivity index (χ1n) is 8.38. The molecular formula is C18H20ClN3O4. The zero-order valence-corrected chi connectivity index (χ0v) is 14.9. The summed E-state index contributed by atoms with van der Waals surface area (Å²) < 4.78 is 10.7. The molecule has 1 aliphatic rings. The molecule has 0 bridgehead atoms. The molecule has 1 N–H and O–H groups in total. The summed E-state index contributed by atoms with van der Waals surface area (Å²) in [5, 5.41) is 3.35. The van der Waals surface area contributed by atoms with Crippen molar-refractivity contribution in [1.29, 1.82) is 0 Å². The second-order valence-corrected chi connectivity index (χ2v) is 6.17. The molecule has 8 heteroatoms. The van der Waals surface area contributed by atoms with Gasteiger partial charge in [-0.05, 0) is 24.3 Å². The summed E-state index contributed by atoms with van der Waals surface area (Å²) in [4.78, 5) is 27.8. The van der Waals surface area contributed by atoms with Crippen molar-refractivity contribution in [3.8, 4) is 5.75 Å². The second kappa shape index (κ2) is 8.62. The number of piperazine rings is 1. The van der Waals surface area contributed by atoms with E-state index >= 15 is 0 Å². The first-order valence-corrected chi connectivity index (χ1v) is 8.76. The van der Waals surface area contributed by atoms with Gasteiger partial charge < -0.3 is 24.3 Å². The standard InChI is InChI=1S/C18H20ClN3O4/c19-14-4-1-2-5-15(14)26-13-7-20-18(24)22-10-8-21(9-11-22)17(23)16-6-3-12-25-16/h1-6,12H,7-11,13H2,(H,20,24). The molecule has 2 aromatic rings. The van der Waals surface area contributed by atoms with Gasteiger partial charge in [-0.2, -0.15) is 0 Å². The number of rotatable bonds is 5. The van der Waals surface area contributed by atoms with Gasteiger partial charge in [0.25, 0.3) is 5.91 Å². The Bertz CT molecular complexity index is 743. The highest BCUT2D eigenvalue weighted by Crippen LogP contribution is 2.22. The van der Waals surface area contributed by atoms with E-state index in [0.29, 0.717) is 55.9 Å². The Hall–Kier alpha value is -2.67. The zero-order chi connectivity index (χ0) is 18.4. The van der Waals surface area contributed by atoms with Gasteiger partial charge in [-0.25, -0.2) is 4.79 Å². The monoisotopic (exact) mass is 377 g/mol. The van der Waals surface area contributed by atoms with Crippen LogP contribution in [0.3, 0.4) is 0 Å². The Labute approximate surface area is 156 Å². The van der Waals surface area contributed by atoms with Crippen LogP contribution in [0.1, 0.15) is 10.6 Å². The number of nitrogens with zero attached hydrogens (tertiary/aromatic N) is 2. The van der Waals surface area contributed by atoms with Gasteiger partial charge in [0, 0.05) is 26.2 Å². The number of hydrogen-bond donors (Lipinski definition) is 1. The third-order valence-corrected chi connectivity index (χ3v) is 4.37. The van der Waals surface area contributed by atoms with Crippen molar-refractivity contribution < 1.29 is 18.7 Å². The molecule has 0 spiro atoms. The Balaban J connectivity index is 1.37. The summed E-state index contributed by atoms with van der Waals surface area (Å²) in [6.07, 6.45) is 1.47. The highest BCUT2D eigenvalue weighted by Gasteiger charge is 2.25. The molecular weight excluding hydrogens is 358 g/mol. The topological polar surface area (TPSA) is 75.0 Å². The number of carbonyl (C=O) groups excluding carboxylic acids is 2. The average molecular weight is 378 g/mol. The fourth-order valence-electron chi connectivity index (χ4n) is 2.66. The Morgan fingerprint density at radius 1 is 1.08 bits per heavy atom. The van der Waals surface area contributed by atoms with Gasteiger partial charge in [-0.3, -0.25) is 4.79 Å². The van der Waals surface area contributed by atoms with Crippen molar-refractivity contribution in [2.45, 2.75) is 0 Å². The van der Waals surface area contributed by atoms with Gasteiger partial charge in [0.15, 0.2) is 5.76 Å². The maximum atomic E-state index is 12.2. The van der Waals surface area contributed by atoms with Crippen LogP contribution < -0.4 is 10.1 Å². The van der Waals surface area contributed by atoms with E-state index in [-0.39, 0.29) is 11.9 Å². The Morgan fingerprint density at radius 3 is 2.50 bits per heavy atom. The molecule has 1 aromatic carbocycles. The highest BCUT2D eigenvalue weighted by atomic mass is 35.5. The van der Waals surface area contributed by atoms with Crippen LogP contribution in [-0.4, -0.2) is 61.1 Å². The zero-order valence-electron chi connectivity index (χ0n) is 14.2. The van der Waals surface area contributed by atoms with Crippen LogP contribution in [-0.2, 0) is 0 Å². The number of amides is 3. The maximum absolute atomic E-state index is 12.2. The number of nitrogens with one attached hydrogen (secondary N) is 1. The number of hydrogen-bond acceptors (Lipinski definition) is 4. The van der Waals surface area contributed by atoms with E-state index in [0.717, 1.165) is 0 Å². The van der Waals surface area contributed by atoms with Crippen molar-refractivity contribution in [1.82, 2.24) is 15.1 Å². The van der Waals surface area contributed by atoms with Crippen molar-refractivity contribution in [2.24, 2.45) is 0 Å². The molecule has 0 saturated carbocycles. The smallest absolute Gasteiger partial charge is 0.317 e. The van der Waals surface area contributed by atoms with E-state index < -0.39 is 0 Å². The van der Waals surface area contributed by atoms with Crippen molar-refractivity contribution in [3.63, 3.8) is 0 Å². The number of urea groups is 1. The minimum absolute atomic E-state index is 0.150. The van der Waals surface area contributed by atoms with E-state index in [2.05, 4.69) is 5.32 Å². The Morgan fingerprint density at radius 2 is 1.81 bits per heavy atom. The molecule has 0 unspecified atom stereocenters. The summed E-state index contributed by atoms with van der Waals surface area (Å²) >= 11 is 6.00. The first kappa shape index (κ1) is 18.1. The molecule has 138 valence electrons. The minimum atomic E-state index is -0.169. The molecule has 26 heavy (non-hydrogen) atoms. The van der Waals surface area contributed by atoms with Gasteiger partial charge in [0.2, 0.25) is 0 Å². The number of furan rings is 1. The first-order chi connectivity index (χ1) is 12.6. The lowest BCUT2D eigenvalue weighted by Crippen LogP contribution is -2.53. The molecule has 7 nitrogen and oxygen atoms in total. The molecule has 1 aliphatic heterocycles. The summed E-state index contributed by atoms with van der Waals surface area (Å²) in [5.74, 6) is 0.760. The fraction of sp³-hybridized carbons (Fsp3) is 0.333. The second-order valence-electron chi connectivity index (χ2n) is 5.77. The molecule has 3 rings (SSSR count). The van der Waals surface area contributed by atoms with E-state index in [4.69, 9.17) is 20.8 Å². The largest absolute Gasteiger partial charge is 0.490 e. The lowest BCUT2D eigenvalue weighted by atomic mass is 10.3. The van der Waals surface area contributed by atoms with E-state index in [1.807, 2.05) is 12.1 Å². The molecule has 1 fully saturated rings. The maximum Gasteiger partial charge on any atom is 0.317 e. The van der Waals surface area contributed by atoms with Crippen molar-refractivity contribution in [2.75, 3.05) is 39.3 Å². The molecule has 0 aliphatic carbocycles. The predicted molar refractivity (Wildman–Crippen MR) is 96.5 cm³/mol. The number of benzene rings is 1. The summed E-state index contributed by atoms with van der Waals surface area (Å²) in [6.45, 7) is 2.60. The van der Waals surface area contributed by atoms with Crippen LogP contribution in [0, 0.1) is 0 Å². The van der Waals surface area contributed by atoms with E-state index in [1.165, 1.54) is 6.26 Å². The number of halogens is 1. The van der Waals surface area contributed by atoms with E-state index in [1.54, 1.807) is 34.1 Å². The molecule has 0 atom stereocenters. The van der Waals surface area contributed by atoms with Gasteiger partial charge in [-0.15, -0.1) is 0 Å². The molecule has 0 radical (unpaired) electrons. The highest BCUT2D eigenvalue weighted by molar-refractivity contribution is 6.32. The lowest BCUT2D eigenvalue weighted by molar-refractivity contribution is 0.0634. The quantitative estimate of drug-likeness (QED) is 0.812. The molecule has 1 aromatic heterocycles. The average Bonchev–Trinajstić information content (AvgIpc) is 3.20. The lowest BCUT2D eigenvalue weighted by Gasteiger charge is -2.34. The van der Waals surface area contributed by atoms with Gasteiger partial charge in [-0.1, -0.05) is 23.7 Å². The molecule has 1 saturated heterocycles. The minimum Gasteiger partial charge on any atom is -0.490 e. The fourth-order valence-corrected chi connectivity index (χ4v) is 2.85. The van der Waals surface area contributed by atoms with Crippen LogP contribution in [0.5, 0.6) is 5.75 Å². The van der Waals surface area contributed by atoms with Crippen LogP contribution in [0.15, 0.2) is 47.1 Å². The van der Waals surface area contributed by atoms with Crippen molar-refractivity contribution in [3.05, 3.63) is 53.4 Å². The molecule has 3 amide bonds. The van der Waals surface area contributed by atoms with Gasteiger partial charge >= 0.3 is 6.03 Å². The normalized spacial score (nSPS) is 14.2. The number of para-hydroxylation sites is 1. The van der Waals surface area contributed by atoms with Crippen LogP contribution in [0.4, 0.5) is 4.79 Å². The van der Waals surface area contributed by atoms with Crippen LogP contribution in [0.2, 0.25) is 5.02 Å². The third-order valence-electron chi connectivity index (χ3n) is 4.06. The summed E-state index contributed by atoms with van der Waals surface area (Å²) in [6, 6.07) is 10.3. The number of carbonyl (C=O) groups is 2. The Kier molecular flexibility index (Phi) is 6.01. The third kappa shape index (κ3) is 4.49. The van der Waals surface area contributed by atoms with Crippen LogP contribution in [0.25, 0.3) is 0 Å². The van der Waals surface area contributed by atoms with E-state index in [9.17, 15) is 9.59 Å². The summed E-state index contributed by atoms with van der Waals surface area (Å²) in [7, 11) is 0. The number of ether oxygens (including phenoxy) is 1. The van der Waals surface area contributed by atoms with Crippen molar-refractivity contribution >= 4 is 23.5 Å². The summed E-state index contributed by atoms with van der Waals surface area (Å²) in [5.41, 5.74) is 0. The SMILES string of the molecule is O=C(NCCOc1ccccc1Cl)N1CCN(C(=O)c2ccco2)CC1.